The zero-order valence-corrected chi connectivity index (χ0v) is 16.8. The molecule has 2 aromatic heterocycles. The van der Waals surface area contributed by atoms with Crippen LogP contribution >= 0.6 is 0 Å². The van der Waals surface area contributed by atoms with Crippen molar-refractivity contribution in [1.82, 2.24) is 14.9 Å². The van der Waals surface area contributed by atoms with Gasteiger partial charge >= 0.3 is 0 Å². The average Bonchev–Trinajstić information content (AvgIpc) is 3.34. The summed E-state index contributed by atoms with van der Waals surface area (Å²) in [4.78, 5) is 17.1. The van der Waals surface area contributed by atoms with Crippen molar-refractivity contribution < 1.29 is 13.6 Å². The first-order valence-electron chi connectivity index (χ1n) is 9.79. The molecule has 1 N–H and O–H groups in total. The maximum Gasteiger partial charge on any atom is 0.244 e. The highest BCUT2D eigenvalue weighted by atomic mass is 19.1. The molecule has 0 saturated heterocycles. The first-order chi connectivity index (χ1) is 14.6. The van der Waals surface area contributed by atoms with Gasteiger partial charge in [-0.15, -0.1) is 0 Å². The number of carbonyl (C=O) groups is 1. The van der Waals surface area contributed by atoms with E-state index in [4.69, 9.17) is 4.42 Å². The number of hydrogen-bond acceptors (Lipinski definition) is 3. The van der Waals surface area contributed by atoms with Crippen molar-refractivity contribution in [1.29, 1.82) is 0 Å². The maximum absolute atomic E-state index is 14.5. The zero-order chi connectivity index (χ0) is 21.1. The van der Waals surface area contributed by atoms with Gasteiger partial charge in [0.2, 0.25) is 5.91 Å². The monoisotopic (exact) mass is 403 g/mol. The third kappa shape index (κ3) is 3.76. The van der Waals surface area contributed by atoms with Crippen molar-refractivity contribution in [2.75, 3.05) is 0 Å². The molecule has 152 valence electrons. The number of carbonyl (C=O) groups excluding carboxylic acids is 1. The SMILES string of the molecule is CCc1oc2ccccc2c1/C=C/C(=O)NC(c1ccccc1F)c1nccn1C. The lowest BCUT2D eigenvalue weighted by Crippen LogP contribution is -2.30. The van der Waals surface area contributed by atoms with E-state index in [9.17, 15) is 9.18 Å². The predicted molar refractivity (Wildman–Crippen MR) is 114 cm³/mol. The Kier molecular flexibility index (Phi) is 5.48. The van der Waals surface area contributed by atoms with E-state index in [1.807, 2.05) is 38.2 Å². The molecule has 0 spiro atoms. The number of amides is 1. The van der Waals surface area contributed by atoms with Gasteiger partial charge in [-0.25, -0.2) is 9.37 Å². The van der Waals surface area contributed by atoms with Crippen LogP contribution in [-0.2, 0) is 18.3 Å². The molecule has 1 amide bonds. The van der Waals surface area contributed by atoms with Crippen LogP contribution < -0.4 is 5.32 Å². The summed E-state index contributed by atoms with van der Waals surface area (Å²) in [5, 5.41) is 3.84. The van der Waals surface area contributed by atoms with Crippen LogP contribution in [0.3, 0.4) is 0 Å². The number of nitrogens with one attached hydrogen (secondary N) is 1. The number of aryl methyl sites for hydroxylation is 2. The van der Waals surface area contributed by atoms with E-state index in [1.165, 1.54) is 12.1 Å². The van der Waals surface area contributed by atoms with Gasteiger partial charge < -0.3 is 14.3 Å². The molecule has 4 aromatic rings. The second-order valence-electron chi connectivity index (χ2n) is 6.98. The highest BCUT2D eigenvalue weighted by Gasteiger charge is 2.22. The van der Waals surface area contributed by atoms with E-state index in [2.05, 4.69) is 10.3 Å². The number of hydrogen-bond donors (Lipinski definition) is 1. The molecule has 5 nitrogen and oxygen atoms in total. The van der Waals surface area contributed by atoms with Crippen LogP contribution in [-0.4, -0.2) is 15.5 Å². The third-order valence-corrected chi connectivity index (χ3v) is 5.05. The molecule has 0 saturated carbocycles. The van der Waals surface area contributed by atoms with Crippen LogP contribution in [0.5, 0.6) is 0 Å². The number of benzene rings is 2. The fourth-order valence-electron chi connectivity index (χ4n) is 3.56. The molecule has 0 radical (unpaired) electrons. The van der Waals surface area contributed by atoms with E-state index >= 15 is 0 Å². The minimum absolute atomic E-state index is 0.349. The summed E-state index contributed by atoms with van der Waals surface area (Å²) in [6.07, 6.45) is 7.29. The quantitative estimate of drug-likeness (QED) is 0.471. The largest absolute Gasteiger partial charge is 0.460 e. The van der Waals surface area contributed by atoms with Gasteiger partial charge in [-0.1, -0.05) is 43.3 Å². The number of nitrogens with zero attached hydrogens (tertiary/aromatic N) is 2. The van der Waals surface area contributed by atoms with Crippen molar-refractivity contribution >= 4 is 23.0 Å². The summed E-state index contributed by atoms with van der Waals surface area (Å²) in [5.74, 6) is 0.613. The summed E-state index contributed by atoms with van der Waals surface area (Å²) >= 11 is 0. The second-order valence-corrected chi connectivity index (χ2v) is 6.98. The summed E-state index contributed by atoms with van der Waals surface area (Å²) in [6.45, 7) is 2.00. The van der Waals surface area contributed by atoms with Gasteiger partial charge in [0.15, 0.2) is 0 Å². The Labute approximate surface area is 173 Å². The normalized spacial score (nSPS) is 12.5. The minimum atomic E-state index is -0.713. The molecule has 0 aliphatic carbocycles. The number of para-hydroxylation sites is 1. The molecule has 0 bridgehead atoms. The molecular weight excluding hydrogens is 381 g/mol. The fraction of sp³-hybridized carbons (Fsp3) is 0.167. The topological polar surface area (TPSA) is 60.1 Å². The van der Waals surface area contributed by atoms with E-state index in [0.29, 0.717) is 17.8 Å². The molecular formula is C24H22FN3O2. The Bertz CT molecular complexity index is 1220. The van der Waals surface area contributed by atoms with Crippen LogP contribution in [0.15, 0.2) is 71.4 Å². The van der Waals surface area contributed by atoms with Crippen LogP contribution in [0.4, 0.5) is 4.39 Å². The second kappa shape index (κ2) is 8.37. The first kappa shape index (κ1) is 19.6. The zero-order valence-electron chi connectivity index (χ0n) is 16.8. The lowest BCUT2D eigenvalue weighted by atomic mass is 10.0. The number of imidazole rings is 1. The number of halogens is 1. The molecule has 6 heteroatoms. The number of aromatic nitrogens is 2. The summed E-state index contributed by atoms with van der Waals surface area (Å²) in [5.41, 5.74) is 2.02. The molecule has 0 aliphatic heterocycles. The summed E-state index contributed by atoms with van der Waals surface area (Å²) < 4.78 is 22.1. The van der Waals surface area contributed by atoms with Crippen molar-refractivity contribution in [3.05, 3.63) is 95.5 Å². The summed E-state index contributed by atoms with van der Waals surface area (Å²) in [7, 11) is 1.81. The van der Waals surface area contributed by atoms with Crippen LogP contribution in [0.25, 0.3) is 17.0 Å². The lowest BCUT2D eigenvalue weighted by molar-refractivity contribution is -0.117. The first-order valence-corrected chi connectivity index (χ1v) is 9.79. The van der Waals surface area contributed by atoms with E-state index in [1.54, 1.807) is 41.2 Å². The molecule has 1 atom stereocenters. The molecule has 0 fully saturated rings. The standard InChI is InChI=1S/C24H22FN3O2/c1-3-20-17(16-8-5-7-11-21(16)30-20)12-13-22(29)27-23(24-26-14-15-28(24)2)18-9-4-6-10-19(18)25/h4-15,23H,3H2,1-2H3,(H,27,29)/b13-12+. The third-order valence-electron chi connectivity index (χ3n) is 5.05. The van der Waals surface area contributed by atoms with E-state index in [0.717, 1.165) is 22.3 Å². The van der Waals surface area contributed by atoms with E-state index < -0.39 is 11.9 Å². The number of fused-ring (bicyclic) bond motifs is 1. The minimum Gasteiger partial charge on any atom is -0.460 e. The van der Waals surface area contributed by atoms with Gasteiger partial charge in [-0.3, -0.25) is 4.79 Å². The molecule has 4 rings (SSSR count). The molecule has 0 aliphatic rings. The van der Waals surface area contributed by atoms with E-state index in [-0.39, 0.29) is 5.91 Å². The molecule has 30 heavy (non-hydrogen) atoms. The Morgan fingerprint density at radius 1 is 1.23 bits per heavy atom. The van der Waals surface area contributed by atoms with Crippen molar-refractivity contribution in [3.63, 3.8) is 0 Å². The predicted octanol–water partition coefficient (Wildman–Crippen LogP) is 4.79. The van der Waals surface area contributed by atoms with Crippen LogP contribution in [0, 0.1) is 5.82 Å². The maximum atomic E-state index is 14.5. The van der Waals surface area contributed by atoms with Gasteiger partial charge in [0.1, 0.15) is 29.0 Å². The lowest BCUT2D eigenvalue weighted by Gasteiger charge is -2.18. The van der Waals surface area contributed by atoms with Crippen LogP contribution in [0.2, 0.25) is 0 Å². The Morgan fingerprint density at radius 2 is 2.00 bits per heavy atom. The summed E-state index contributed by atoms with van der Waals surface area (Å²) in [6, 6.07) is 13.4. The highest BCUT2D eigenvalue weighted by Crippen LogP contribution is 2.28. The van der Waals surface area contributed by atoms with Crippen LogP contribution in [0.1, 0.15) is 35.7 Å². The van der Waals surface area contributed by atoms with Gasteiger partial charge in [-0.05, 0) is 18.2 Å². The van der Waals surface area contributed by atoms with Crippen molar-refractivity contribution in [2.24, 2.45) is 7.05 Å². The molecule has 1 unspecified atom stereocenters. The van der Waals surface area contributed by atoms with Gasteiger partial charge in [0.05, 0.1) is 0 Å². The smallest absolute Gasteiger partial charge is 0.244 e. The average molecular weight is 403 g/mol. The number of rotatable bonds is 6. The van der Waals surface area contributed by atoms with Crippen molar-refractivity contribution in [3.8, 4) is 0 Å². The van der Waals surface area contributed by atoms with Crippen molar-refractivity contribution in [2.45, 2.75) is 19.4 Å². The molecule has 2 heterocycles. The Balaban J connectivity index is 1.64. The molecule has 2 aromatic carbocycles. The number of furan rings is 1. The van der Waals surface area contributed by atoms with Gasteiger partial charge in [0, 0.05) is 48.5 Å². The Morgan fingerprint density at radius 3 is 2.73 bits per heavy atom. The highest BCUT2D eigenvalue weighted by molar-refractivity contribution is 5.96. The van der Waals surface area contributed by atoms with Gasteiger partial charge in [-0.2, -0.15) is 0 Å². The fourth-order valence-corrected chi connectivity index (χ4v) is 3.56. The Hall–Kier alpha value is -3.67. The van der Waals surface area contributed by atoms with Gasteiger partial charge in [0.25, 0.3) is 0 Å².